The number of nitrogens with two attached hydrogens (primary N) is 1. The molecule has 0 saturated carbocycles. The summed E-state index contributed by atoms with van der Waals surface area (Å²) in [6, 6.07) is 6.44. The van der Waals surface area contributed by atoms with E-state index in [9.17, 15) is 0 Å². The summed E-state index contributed by atoms with van der Waals surface area (Å²) < 4.78 is 7.93. The molecule has 0 aliphatic carbocycles. The summed E-state index contributed by atoms with van der Waals surface area (Å²) in [5.74, 6) is 0.874. The van der Waals surface area contributed by atoms with Gasteiger partial charge in [-0.05, 0) is 56.0 Å². The van der Waals surface area contributed by atoms with Crippen LogP contribution in [0.25, 0.3) is 0 Å². The first kappa shape index (κ1) is 15.4. The predicted molar refractivity (Wildman–Crippen MR) is 86.5 cm³/mol. The van der Waals surface area contributed by atoms with Gasteiger partial charge in [-0.2, -0.15) is 5.10 Å². The Kier molecular flexibility index (Phi) is 4.89. The Hall–Kier alpha value is -1.97. The number of hydrogen-bond donors (Lipinski definition) is 1. The van der Waals surface area contributed by atoms with Gasteiger partial charge in [-0.1, -0.05) is 13.8 Å². The number of nitrogens with zero attached hydrogens (tertiary/aromatic N) is 2. The van der Waals surface area contributed by atoms with Crippen molar-refractivity contribution in [2.45, 2.75) is 53.2 Å². The minimum atomic E-state index is 0.472. The molecule has 0 amide bonds. The molecule has 0 spiro atoms. The van der Waals surface area contributed by atoms with Crippen LogP contribution in [-0.4, -0.2) is 9.78 Å². The zero-order valence-electron chi connectivity index (χ0n) is 13.4. The first-order chi connectivity index (χ1) is 10.0. The van der Waals surface area contributed by atoms with E-state index >= 15 is 0 Å². The largest absolute Gasteiger partial charge is 0.487 e. The molecule has 2 aromatic rings. The molecule has 4 heteroatoms. The third-order valence-electron chi connectivity index (χ3n) is 3.92. The third-order valence-corrected chi connectivity index (χ3v) is 3.92. The van der Waals surface area contributed by atoms with Gasteiger partial charge < -0.3 is 10.5 Å². The molecule has 2 N–H and O–H groups in total. The number of nitrogen functional groups attached to an aromatic ring is 1. The van der Waals surface area contributed by atoms with Crippen LogP contribution < -0.4 is 10.5 Å². The van der Waals surface area contributed by atoms with Gasteiger partial charge in [0.1, 0.15) is 12.4 Å². The summed E-state index contributed by atoms with van der Waals surface area (Å²) in [5, 5.41) is 4.60. The topological polar surface area (TPSA) is 53.1 Å². The Bertz CT molecular complexity index is 600. The van der Waals surface area contributed by atoms with Crippen LogP contribution in [0.15, 0.2) is 24.4 Å². The monoisotopic (exact) mass is 287 g/mol. The van der Waals surface area contributed by atoms with Crippen LogP contribution in [0.4, 0.5) is 5.69 Å². The van der Waals surface area contributed by atoms with Crippen LogP contribution >= 0.6 is 0 Å². The van der Waals surface area contributed by atoms with E-state index in [1.54, 1.807) is 0 Å². The van der Waals surface area contributed by atoms with Gasteiger partial charge in [-0.15, -0.1) is 0 Å². The maximum atomic E-state index is 5.89. The molecule has 1 heterocycles. The van der Waals surface area contributed by atoms with Crippen molar-refractivity contribution in [2.24, 2.45) is 0 Å². The van der Waals surface area contributed by atoms with E-state index in [-0.39, 0.29) is 0 Å². The fraction of sp³-hybridized carbons (Fsp3) is 0.471. The molecular weight excluding hydrogens is 262 g/mol. The van der Waals surface area contributed by atoms with Crippen molar-refractivity contribution in [2.75, 3.05) is 5.73 Å². The summed E-state index contributed by atoms with van der Waals surface area (Å²) in [7, 11) is 0. The van der Waals surface area contributed by atoms with Crippen molar-refractivity contribution >= 4 is 5.69 Å². The Morgan fingerprint density at radius 2 is 1.90 bits per heavy atom. The second-order valence-electron chi connectivity index (χ2n) is 5.52. The highest BCUT2D eigenvalue weighted by Gasteiger charge is 2.09. The van der Waals surface area contributed by atoms with Crippen LogP contribution in [0.2, 0.25) is 0 Å². The minimum Gasteiger partial charge on any atom is -0.487 e. The first-order valence-corrected chi connectivity index (χ1v) is 7.58. The lowest BCUT2D eigenvalue weighted by Gasteiger charge is -2.13. The lowest BCUT2D eigenvalue weighted by Crippen LogP contribution is -2.08. The van der Waals surface area contributed by atoms with Gasteiger partial charge in [0.05, 0.1) is 11.7 Å². The van der Waals surface area contributed by atoms with Crippen LogP contribution in [0.3, 0.4) is 0 Å². The molecule has 0 atom stereocenters. The quantitative estimate of drug-likeness (QED) is 0.816. The second-order valence-corrected chi connectivity index (χ2v) is 5.52. The Labute approximate surface area is 126 Å². The Morgan fingerprint density at radius 1 is 1.19 bits per heavy atom. The van der Waals surface area contributed by atoms with Crippen LogP contribution in [0.1, 0.15) is 49.6 Å². The average molecular weight is 287 g/mol. The third kappa shape index (κ3) is 3.57. The van der Waals surface area contributed by atoms with Gasteiger partial charge in [0.2, 0.25) is 0 Å². The minimum absolute atomic E-state index is 0.472. The van der Waals surface area contributed by atoms with Gasteiger partial charge >= 0.3 is 0 Å². The maximum absolute atomic E-state index is 5.89. The molecule has 0 fully saturated rings. The summed E-state index contributed by atoms with van der Waals surface area (Å²) in [5.41, 5.74) is 9.74. The molecule has 0 unspecified atom stereocenters. The molecule has 1 aromatic heterocycles. The maximum Gasteiger partial charge on any atom is 0.132 e. The van der Waals surface area contributed by atoms with E-state index in [0.29, 0.717) is 12.6 Å². The molecule has 21 heavy (non-hydrogen) atoms. The van der Waals surface area contributed by atoms with E-state index < -0.39 is 0 Å². The van der Waals surface area contributed by atoms with E-state index in [1.165, 1.54) is 0 Å². The standard InChI is InChI=1S/C17H25N3O/c1-5-15(6-2)20-8-7-14(19-20)11-21-17-10-12(3)16(18)9-13(17)4/h7-10,15H,5-6,11,18H2,1-4H3. The number of anilines is 1. The van der Waals surface area contributed by atoms with Crippen molar-refractivity contribution in [1.29, 1.82) is 0 Å². The van der Waals surface area contributed by atoms with E-state index in [4.69, 9.17) is 10.5 Å². The molecule has 0 bridgehead atoms. The number of aromatic nitrogens is 2. The SMILES string of the molecule is CCC(CC)n1ccc(COc2cc(C)c(N)cc2C)n1. The van der Waals surface area contributed by atoms with Gasteiger partial charge in [0.15, 0.2) is 0 Å². The van der Waals surface area contributed by atoms with Crippen molar-refractivity contribution < 1.29 is 4.74 Å². The van der Waals surface area contributed by atoms with E-state index in [2.05, 4.69) is 18.9 Å². The molecule has 2 rings (SSSR count). The Balaban J connectivity index is 2.05. The van der Waals surface area contributed by atoms with E-state index in [1.807, 2.05) is 42.9 Å². The molecule has 114 valence electrons. The molecule has 0 aliphatic heterocycles. The van der Waals surface area contributed by atoms with Gasteiger partial charge in [0.25, 0.3) is 0 Å². The van der Waals surface area contributed by atoms with Crippen molar-refractivity contribution in [3.8, 4) is 5.75 Å². The Morgan fingerprint density at radius 3 is 2.57 bits per heavy atom. The molecule has 0 radical (unpaired) electrons. The van der Waals surface area contributed by atoms with E-state index in [0.717, 1.165) is 41.1 Å². The first-order valence-electron chi connectivity index (χ1n) is 7.58. The summed E-state index contributed by atoms with van der Waals surface area (Å²) in [6.45, 7) is 8.85. The highest BCUT2D eigenvalue weighted by atomic mass is 16.5. The number of hydrogen-bond acceptors (Lipinski definition) is 3. The smallest absolute Gasteiger partial charge is 0.132 e. The predicted octanol–water partition coefficient (Wildman–Crippen LogP) is 4.02. The van der Waals surface area contributed by atoms with Crippen molar-refractivity contribution in [1.82, 2.24) is 9.78 Å². The van der Waals surface area contributed by atoms with Crippen LogP contribution in [-0.2, 0) is 6.61 Å². The molecule has 0 saturated heterocycles. The number of ether oxygens (including phenoxy) is 1. The number of aryl methyl sites for hydroxylation is 2. The molecule has 4 nitrogen and oxygen atoms in total. The van der Waals surface area contributed by atoms with Gasteiger partial charge in [-0.3, -0.25) is 4.68 Å². The van der Waals surface area contributed by atoms with Gasteiger partial charge in [0, 0.05) is 11.9 Å². The zero-order valence-corrected chi connectivity index (χ0v) is 13.4. The highest BCUT2D eigenvalue weighted by molar-refractivity contribution is 5.53. The highest BCUT2D eigenvalue weighted by Crippen LogP contribution is 2.25. The summed E-state index contributed by atoms with van der Waals surface area (Å²) in [6.07, 6.45) is 4.22. The lowest BCUT2D eigenvalue weighted by atomic mass is 10.1. The van der Waals surface area contributed by atoms with Crippen LogP contribution in [0, 0.1) is 13.8 Å². The second kappa shape index (κ2) is 6.66. The molecule has 1 aromatic carbocycles. The summed E-state index contributed by atoms with van der Waals surface area (Å²) in [4.78, 5) is 0. The summed E-state index contributed by atoms with van der Waals surface area (Å²) >= 11 is 0. The average Bonchev–Trinajstić information content (AvgIpc) is 2.91. The lowest BCUT2D eigenvalue weighted by molar-refractivity contribution is 0.295. The normalized spacial score (nSPS) is 11.1. The zero-order chi connectivity index (χ0) is 15.4. The molecule has 0 aliphatic rings. The van der Waals surface area contributed by atoms with Crippen molar-refractivity contribution in [3.05, 3.63) is 41.2 Å². The number of benzene rings is 1. The fourth-order valence-corrected chi connectivity index (χ4v) is 2.44. The molecular formula is C17H25N3O. The van der Waals surface area contributed by atoms with Crippen LogP contribution in [0.5, 0.6) is 5.75 Å². The van der Waals surface area contributed by atoms with Crippen molar-refractivity contribution in [3.63, 3.8) is 0 Å². The number of rotatable bonds is 6. The van der Waals surface area contributed by atoms with Gasteiger partial charge in [-0.25, -0.2) is 0 Å². The fourth-order valence-electron chi connectivity index (χ4n) is 2.44.